The summed E-state index contributed by atoms with van der Waals surface area (Å²) in [4.78, 5) is 4.24. The van der Waals surface area contributed by atoms with Gasteiger partial charge in [-0.15, -0.1) is 0 Å². The van der Waals surface area contributed by atoms with Gasteiger partial charge in [-0.3, -0.25) is 0 Å². The molecule has 3 N–H and O–H groups in total. The van der Waals surface area contributed by atoms with E-state index in [0.29, 0.717) is 5.13 Å². The molecule has 1 atom stereocenters. The van der Waals surface area contributed by atoms with Crippen LogP contribution in [-0.4, -0.2) is 24.7 Å². The summed E-state index contributed by atoms with van der Waals surface area (Å²) in [6.07, 6.45) is 0.154. The van der Waals surface area contributed by atoms with E-state index >= 15 is 0 Å². The van der Waals surface area contributed by atoms with E-state index in [0.717, 1.165) is 29.9 Å². The molecule has 84 valence electrons. The predicted octanol–water partition coefficient (Wildman–Crippen LogP) is 1.54. The van der Waals surface area contributed by atoms with Crippen molar-refractivity contribution < 1.29 is 4.74 Å². The molecule has 0 amide bonds. The molecule has 1 unspecified atom stereocenters. The lowest BCUT2D eigenvalue weighted by atomic mass is 10.1. The second-order valence-corrected chi connectivity index (χ2v) is 4.91. The van der Waals surface area contributed by atoms with Crippen LogP contribution in [0.1, 0.15) is 11.7 Å². The lowest BCUT2D eigenvalue weighted by molar-refractivity contribution is 0.0278. The number of anilines is 1. The lowest BCUT2D eigenvalue weighted by Crippen LogP contribution is -2.33. The van der Waals surface area contributed by atoms with Crippen LogP contribution in [0.2, 0.25) is 0 Å². The van der Waals surface area contributed by atoms with Gasteiger partial charge in [0.2, 0.25) is 0 Å². The maximum absolute atomic E-state index is 5.71. The molecule has 4 nitrogen and oxygen atoms in total. The second kappa shape index (κ2) is 4.01. The third kappa shape index (κ3) is 1.77. The van der Waals surface area contributed by atoms with Gasteiger partial charge in [0.15, 0.2) is 5.13 Å². The quantitative estimate of drug-likeness (QED) is 0.787. The Morgan fingerprint density at radius 1 is 1.50 bits per heavy atom. The zero-order valence-corrected chi connectivity index (χ0v) is 9.59. The molecule has 16 heavy (non-hydrogen) atoms. The average Bonchev–Trinajstić information content (AvgIpc) is 2.69. The zero-order valence-electron chi connectivity index (χ0n) is 8.77. The van der Waals surface area contributed by atoms with Crippen LogP contribution in [0.25, 0.3) is 10.2 Å². The van der Waals surface area contributed by atoms with Gasteiger partial charge in [-0.1, -0.05) is 17.4 Å². The molecule has 0 radical (unpaired) electrons. The average molecular weight is 235 g/mol. The Morgan fingerprint density at radius 2 is 2.44 bits per heavy atom. The van der Waals surface area contributed by atoms with Crippen molar-refractivity contribution in [3.05, 3.63) is 23.8 Å². The van der Waals surface area contributed by atoms with Gasteiger partial charge in [0.1, 0.15) is 0 Å². The summed E-state index contributed by atoms with van der Waals surface area (Å²) >= 11 is 1.52. The normalized spacial score (nSPS) is 21.4. The number of fused-ring (bicyclic) bond motifs is 1. The highest BCUT2D eigenvalue weighted by Gasteiger charge is 2.16. The monoisotopic (exact) mass is 235 g/mol. The largest absolute Gasteiger partial charge is 0.375 e. The van der Waals surface area contributed by atoms with Gasteiger partial charge in [0.25, 0.3) is 0 Å². The number of hydrogen-bond donors (Lipinski definition) is 2. The summed E-state index contributed by atoms with van der Waals surface area (Å²) in [7, 11) is 0. The minimum Gasteiger partial charge on any atom is -0.375 e. The van der Waals surface area contributed by atoms with E-state index < -0.39 is 0 Å². The van der Waals surface area contributed by atoms with Gasteiger partial charge in [-0.05, 0) is 17.7 Å². The Bertz CT molecular complexity index is 505. The number of morpholine rings is 1. The summed E-state index contributed by atoms with van der Waals surface area (Å²) < 4.78 is 6.84. The number of rotatable bonds is 1. The van der Waals surface area contributed by atoms with E-state index in [2.05, 4.69) is 22.4 Å². The van der Waals surface area contributed by atoms with Crippen LogP contribution < -0.4 is 11.1 Å². The third-order valence-electron chi connectivity index (χ3n) is 2.73. The molecular formula is C11H13N3OS. The third-order valence-corrected chi connectivity index (χ3v) is 3.58. The van der Waals surface area contributed by atoms with Gasteiger partial charge in [0.05, 0.1) is 22.9 Å². The Kier molecular flexibility index (Phi) is 2.51. The highest BCUT2D eigenvalue weighted by molar-refractivity contribution is 7.22. The maximum atomic E-state index is 5.71. The second-order valence-electron chi connectivity index (χ2n) is 3.84. The Morgan fingerprint density at radius 3 is 3.25 bits per heavy atom. The first kappa shape index (κ1) is 10.0. The van der Waals surface area contributed by atoms with Crippen molar-refractivity contribution in [1.29, 1.82) is 0 Å². The number of nitrogens with zero attached hydrogens (tertiary/aromatic N) is 1. The first-order chi connectivity index (χ1) is 7.83. The van der Waals surface area contributed by atoms with E-state index in [4.69, 9.17) is 10.5 Å². The first-order valence-electron chi connectivity index (χ1n) is 5.31. The van der Waals surface area contributed by atoms with Crippen LogP contribution in [0.5, 0.6) is 0 Å². The molecule has 1 saturated heterocycles. The molecule has 0 aliphatic carbocycles. The Hall–Kier alpha value is -1.17. The highest BCUT2D eigenvalue weighted by Crippen LogP contribution is 2.28. The van der Waals surface area contributed by atoms with Crippen molar-refractivity contribution in [3.8, 4) is 0 Å². The number of benzene rings is 1. The molecule has 1 fully saturated rings. The number of hydrogen-bond acceptors (Lipinski definition) is 5. The molecule has 0 bridgehead atoms. The molecule has 2 heterocycles. The molecule has 0 saturated carbocycles. The molecule has 1 aliphatic rings. The van der Waals surface area contributed by atoms with E-state index in [1.807, 2.05) is 6.07 Å². The van der Waals surface area contributed by atoms with Crippen molar-refractivity contribution in [2.45, 2.75) is 6.10 Å². The van der Waals surface area contributed by atoms with Crippen LogP contribution >= 0.6 is 11.3 Å². The predicted molar refractivity (Wildman–Crippen MR) is 65.6 cm³/mol. The fourth-order valence-electron chi connectivity index (χ4n) is 1.94. The maximum Gasteiger partial charge on any atom is 0.181 e. The zero-order chi connectivity index (χ0) is 11.0. The van der Waals surface area contributed by atoms with Crippen LogP contribution in [-0.2, 0) is 4.74 Å². The Labute approximate surface area is 97.4 Å². The number of nitrogens with two attached hydrogens (primary N) is 1. The molecule has 1 aliphatic heterocycles. The molecule has 0 spiro atoms. The van der Waals surface area contributed by atoms with Gasteiger partial charge in [-0.2, -0.15) is 0 Å². The van der Waals surface area contributed by atoms with Crippen LogP contribution in [0.3, 0.4) is 0 Å². The number of nitrogen functional groups attached to an aromatic ring is 1. The Balaban J connectivity index is 1.97. The summed E-state index contributed by atoms with van der Waals surface area (Å²) in [5, 5.41) is 3.94. The van der Waals surface area contributed by atoms with Crippen molar-refractivity contribution in [1.82, 2.24) is 10.3 Å². The molecule has 1 aromatic heterocycles. The summed E-state index contributed by atoms with van der Waals surface area (Å²) in [5.41, 5.74) is 7.85. The molecule has 2 aromatic rings. The van der Waals surface area contributed by atoms with Crippen LogP contribution in [0, 0.1) is 0 Å². The molecule has 5 heteroatoms. The highest BCUT2D eigenvalue weighted by atomic mass is 32.1. The van der Waals surface area contributed by atoms with Gasteiger partial charge >= 0.3 is 0 Å². The molecular weight excluding hydrogens is 222 g/mol. The SMILES string of the molecule is Nc1nc2ccc(C3CNCCO3)cc2s1. The minimum absolute atomic E-state index is 0.154. The smallest absolute Gasteiger partial charge is 0.181 e. The first-order valence-corrected chi connectivity index (χ1v) is 6.13. The fraction of sp³-hybridized carbons (Fsp3) is 0.364. The summed E-state index contributed by atoms with van der Waals surface area (Å²) in [6.45, 7) is 2.58. The van der Waals surface area contributed by atoms with Crippen LogP contribution in [0.15, 0.2) is 18.2 Å². The van der Waals surface area contributed by atoms with E-state index in [1.54, 1.807) is 0 Å². The summed E-state index contributed by atoms with van der Waals surface area (Å²) in [6, 6.07) is 6.20. The van der Waals surface area contributed by atoms with Crippen molar-refractivity contribution >= 4 is 26.7 Å². The molecule has 1 aromatic carbocycles. The van der Waals surface area contributed by atoms with Crippen LogP contribution in [0.4, 0.5) is 5.13 Å². The summed E-state index contributed by atoms with van der Waals surface area (Å²) in [5.74, 6) is 0. The van der Waals surface area contributed by atoms with Crippen molar-refractivity contribution in [3.63, 3.8) is 0 Å². The standard InChI is InChI=1S/C11H13N3OS/c12-11-14-8-2-1-7(5-10(8)16-11)9-6-13-3-4-15-9/h1-2,5,9,13H,3-4,6H2,(H2,12,14). The lowest BCUT2D eigenvalue weighted by Gasteiger charge is -2.23. The van der Waals surface area contributed by atoms with Crippen molar-refractivity contribution in [2.75, 3.05) is 25.4 Å². The number of aromatic nitrogens is 1. The van der Waals surface area contributed by atoms with Gasteiger partial charge in [-0.25, -0.2) is 4.98 Å². The number of thiazole rings is 1. The van der Waals surface area contributed by atoms with E-state index in [9.17, 15) is 0 Å². The minimum atomic E-state index is 0.154. The molecule has 3 rings (SSSR count). The van der Waals surface area contributed by atoms with E-state index in [1.165, 1.54) is 16.9 Å². The number of ether oxygens (including phenoxy) is 1. The number of nitrogens with one attached hydrogen (secondary N) is 1. The van der Waals surface area contributed by atoms with Gasteiger partial charge < -0.3 is 15.8 Å². The topological polar surface area (TPSA) is 60.2 Å². The van der Waals surface area contributed by atoms with Gasteiger partial charge in [0, 0.05) is 13.1 Å². The van der Waals surface area contributed by atoms with E-state index in [-0.39, 0.29) is 6.10 Å². The van der Waals surface area contributed by atoms with Crippen molar-refractivity contribution in [2.24, 2.45) is 0 Å². The fourth-order valence-corrected chi connectivity index (χ4v) is 2.72.